The Labute approximate surface area is 153 Å². The molecule has 2 N–H and O–H groups in total. The zero-order valence-electron chi connectivity index (χ0n) is 15.0. The van der Waals surface area contributed by atoms with E-state index in [4.69, 9.17) is 0 Å². The van der Waals surface area contributed by atoms with Crippen molar-refractivity contribution in [1.82, 2.24) is 4.98 Å². The molecule has 2 heterocycles. The minimum atomic E-state index is -0.306. The van der Waals surface area contributed by atoms with Crippen molar-refractivity contribution in [3.8, 4) is 0 Å². The minimum absolute atomic E-state index is 0.223. The summed E-state index contributed by atoms with van der Waals surface area (Å²) in [4.78, 5) is 30.1. The zero-order chi connectivity index (χ0) is 18.4. The highest BCUT2D eigenvalue weighted by molar-refractivity contribution is 6.03. The van der Waals surface area contributed by atoms with Gasteiger partial charge < -0.3 is 15.5 Å². The monoisotopic (exact) mass is 352 g/mol. The number of nitrogens with zero attached hydrogens (tertiary/aromatic N) is 2. The van der Waals surface area contributed by atoms with Crippen LogP contribution in [0.1, 0.15) is 43.1 Å². The molecule has 0 radical (unpaired) electrons. The summed E-state index contributed by atoms with van der Waals surface area (Å²) >= 11 is 0. The van der Waals surface area contributed by atoms with E-state index in [1.807, 2.05) is 24.3 Å². The Morgan fingerprint density at radius 3 is 2.27 bits per heavy atom. The molecule has 6 nitrogen and oxygen atoms in total. The predicted molar refractivity (Wildman–Crippen MR) is 104 cm³/mol. The molecule has 0 aliphatic carbocycles. The topological polar surface area (TPSA) is 74.3 Å². The van der Waals surface area contributed by atoms with Crippen LogP contribution in [0, 0.1) is 0 Å². The highest BCUT2D eigenvalue weighted by atomic mass is 16.2. The van der Waals surface area contributed by atoms with Gasteiger partial charge in [0.15, 0.2) is 0 Å². The highest BCUT2D eigenvalue weighted by Crippen LogP contribution is 2.22. The van der Waals surface area contributed by atoms with Gasteiger partial charge in [-0.15, -0.1) is 0 Å². The number of hydrogen-bond acceptors (Lipinski definition) is 4. The third-order valence-electron chi connectivity index (χ3n) is 4.38. The molecule has 1 fully saturated rings. The Morgan fingerprint density at radius 1 is 0.923 bits per heavy atom. The smallest absolute Gasteiger partial charge is 0.274 e. The van der Waals surface area contributed by atoms with Gasteiger partial charge in [0.1, 0.15) is 11.5 Å². The van der Waals surface area contributed by atoms with Crippen molar-refractivity contribution in [2.75, 3.05) is 28.6 Å². The SMILES string of the molecule is CC(=O)Nc1cccc(C(=O)Nc2ccc(N3CCCCCC3)cc2)n1. The van der Waals surface area contributed by atoms with Crippen molar-refractivity contribution < 1.29 is 9.59 Å². The number of carbonyl (C=O) groups is 2. The van der Waals surface area contributed by atoms with Gasteiger partial charge in [-0.2, -0.15) is 0 Å². The lowest BCUT2D eigenvalue weighted by Gasteiger charge is -2.22. The molecule has 0 atom stereocenters. The molecule has 136 valence electrons. The molecule has 1 saturated heterocycles. The number of carbonyl (C=O) groups excluding carboxylic acids is 2. The lowest BCUT2D eigenvalue weighted by Crippen LogP contribution is -2.23. The fourth-order valence-electron chi connectivity index (χ4n) is 3.09. The van der Waals surface area contributed by atoms with Crippen molar-refractivity contribution in [2.24, 2.45) is 0 Å². The first-order valence-corrected chi connectivity index (χ1v) is 9.03. The number of amides is 2. The van der Waals surface area contributed by atoms with Gasteiger partial charge in [-0.25, -0.2) is 4.98 Å². The summed E-state index contributed by atoms with van der Waals surface area (Å²) in [6.07, 6.45) is 5.06. The average Bonchev–Trinajstić information content (AvgIpc) is 2.91. The molecule has 2 aromatic rings. The Hall–Kier alpha value is -2.89. The molecule has 3 rings (SSSR count). The molecule has 6 heteroatoms. The van der Waals surface area contributed by atoms with E-state index in [1.54, 1.807) is 18.2 Å². The van der Waals surface area contributed by atoms with Gasteiger partial charge in [0.05, 0.1) is 0 Å². The van der Waals surface area contributed by atoms with Crippen molar-refractivity contribution >= 4 is 29.0 Å². The van der Waals surface area contributed by atoms with Gasteiger partial charge in [-0.3, -0.25) is 9.59 Å². The maximum Gasteiger partial charge on any atom is 0.274 e. The van der Waals surface area contributed by atoms with E-state index >= 15 is 0 Å². The van der Waals surface area contributed by atoms with Gasteiger partial charge in [0.25, 0.3) is 5.91 Å². The van der Waals surface area contributed by atoms with Crippen LogP contribution in [-0.2, 0) is 4.79 Å². The molecule has 1 aliphatic heterocycles. The predicted octanol–water partition coefficient (Wildman–Crippen LogP) is 3.67. The van der Waals surface area contributed by atoms with E-state index in [9.17, 15) is 9.59 Å². The van der Waals surface area contributed by atoms with Crippen LogP contribution < -0.4 is 15.5 Å². The number of nitrogens with one attached hydrogen (secondary N) is 2. The first kappa shape index (κ1) is 17.9. The number of rotatable bonds is 4. The molecular formula is C20H24N4O2. The van der Waals surface area contributed by atoms with E-state index in [0.717, 1.165) is 18.8 Å². The van der Waals surface area contributed by atoms with Gasteiger partial charge in [0.2, 0.25) is 5.91 Å². The van der Waals surface area contributed by atoms with Crippen molar-refractivity contribution in [2.45, 2.75) is 32.6 Å². The Balaban J connectivity index is 1.65. The summed E-state index contributed by atoms with van der Waals surface area (Å²) in [7, 11) is 0. The van der Waals surface area contributed by atoms with Crippen LogP contribution in [0.4, 0.5) is 17.2 Å². The largest absolute Gasteiger partial charge is 0.372 e. The molecule has 0 spiro atoms. The minimum Gasteiger partial charge on any atom is -0.372 e. The zero-order valence-corrected chi connectivity index (χ0v) is 15.0. The van der Waals surface area contributed by atoms with Crippen LogP contribution in [-0.4, -0.2) is 29.9 Å². The fourth-order valence-corrected chi connectivity index (χ4v) is 3.09. The summed E-state index contributed by atoms with van der Waals surface area (Å²) in [6, 6.07) is 12.9. The number of aromatic nitrogens is 1. The van der Waals surface area contributed by atoms with Crippen LogP contribution in [0.25, 0.3) is 0 Å². The third-order valence-corrected chi connectivity index (χ3v) is 4.38. The van der Waals surface area contributed by atoms with Gasteiger partial charge >= 0.3 is 0 Å². The molecule has 0 unspecified atom stereocenters. The van der Waals surface area contributed by atoms with Crippen molar-refractivity contribution in [3.05, 3.63) is 48.2 Å². The lowest BCUT2D eigenvalue weighted by molar-refractivity contribution is -0.114. The molecule has 1 aliphatic rings. The van der Waals surface area contributed by atoms with Gasteiger partial charge in [0, 0.05) is 31.4 Å². The van der Waals surface area contributed by atoms with Crippen LogP contribution in [0.2, 0.25) is 0 Å². The van der Waals surface area contributed by atoms with Gasteiger partial charge in [-0.05, 0) is 49.2 Å². The van der Waals surface area contributed by atoms with Crippen LogP contribution in [0.15, 0.2) is 42.5 Å². The molecule has 26 heavy (non-hydrogen) atoms. The summed E-state index contributed by atoms with van der Waals surface area (Å²) in [6.45, 7) is 3.58. The normalized spacial score (nSPS) is 14.4. The summed E-state index contributed by atoms with van der Waals surface area (Å²) < 4.78 is 0. The summed E-state index contributed by atoms with van der Waals surface area (Å²) in [5, 5.41) is 5.43. The lowest BCUT2D eigenvalue weighted by atomic mass is 10.2. The third kappa shape index (κ3) is 4.81. The second-order valence-electron chi connectivity index (χ2n) is 6.49. The Morgan fingerprint density at radius 2 is 1.62 bits per heavy atom. The number of benzene rings is 1. The van der Waals surface area contributed by atoms with Crippen molar-refractivity contribution in [3.63, 3.8) is 0 Å². The summed E-state index contributed by atoms with van der Waals surface area (Å²) in [5.41, 5.74) is 2.17. The van der Waals surface area contributed by atoms with Crippen LogP contribution >= 0.6 is 0 Å². The second-order valence-corrected chi connectivity index (χ2v) is 6.49. The van der Waals surface area contributed by atoms with E-state index in [1.165, 1.54) is 38.3 Å². The second kappa shape index (κ2) is 8.47. The molecule has 0 saturated carbocycles. The maximum atomic E-state index is 12.4. The van der Waals surface area contributed by atoms with Crippen LogP contribution in [0.3, 0.4) is 0 Å². The molecule has 2 amide bonds. The van der Waals surface area contributed by atoms with Crippen LogP contribution in [0.5, 0.6) is 0 Å². The summed E-state index contributed by atoms with van der Waals surface area (Å²) in [5.74, 6) is -0.166. The van der Waals surface area contributed by atoms with Crippen molar-refractivity contribution in [1.29, 1.82) is 0 Å². The number of anilines is 3. The van der Waals surface area contributed by atoms with E-state index in [2.05, 4.69) is 20.5 Å². The molecule has 1 aromatic carbocycles. The number of pyridine rings is 1. The Bertz CT molecular complexity index is 766. The van der Waals surface area contributed by atoms with Gasteiger partial charge in [-0.1, -0.05) is 18.9 Å². The quantitative estimate of drug-likeness (QED) is 0.880. The Kier molecular flexibility index (Phi) is 5.84. The average molecular weight is 352 g/mol. The number of hydrogen-bond donors (Lipinski definition) is 2. The van der Waals surface area contributed by atoms with E-state index < -0.39 is 0 Å². The maximum absolute atomic E-state index is 12.4. The fraction of sp³-hybridized carbons (Fsp3) is 0.350. The van der Waals surface area contributed by atoms with E-state index in [-0.39, 0.29) is 17.5 Å². The molecular weight excluding hydrogens is 328 g/mol. The first-order valence-electron chi connectivity index (χ1n) is 9.03. The molecule has 1 aromatic heterocycles. The van der Waals surface area contributed by atoms with E-state index in [0.29, 0.717) is 5.82 Å². The highest BCUT2D eigenvalue weighted by Gasteiger charge is 2.12. The molecule has 0 bridgehead atoms. The standard InChI is InChI=1S/C20H24N4O2/c1-15(25)21-19-8-6-7-18(23-19)20(26)22-16-9-11-17(12-10-16)24-13-4-2-3-5-14-24/h6-12H,2-5,13-14H2,1H3,(H,22,26)(H,21,23,25). The first-order chi connectivity index (χ1) is 12.6.